The third kappa shape index (κ3) is 9.34. The molecule has 1 amide bonds. The summed E-state index contributed by atoms with van der Waals surface area (Å²) in [5, 5.41) is 5.61. The third-order valence-electron chi connectivity index (χ3n) is 3.98. The van der Waals surface area contributed by atoms with E-state index in [9.17, 15) is 9.59 Å². The number of benzene rings is 2. The number of ether oxygens (including phenoxy) is 2. The Bertz CT molecular complexity index is 855. The summed E-state index contributed by atoms with van der Waals surface area (Å²) in [7, 11) is 0. The van der Waals surface area contributed by atoms with Gasteiger partial charge in [0.1, 0.15) is 12.4 Å². The van der Waals surface area contributed by atoms with Crippen molar-refractivity contribution in [2.75, 3.05) is 18.5 Å². The van der Waals surface area contributed by atoms with Crippen molar-refractivity contribution < 1.29 is 19.1 Å². The number of aryl methyl sites for hydroxylation is 1. The van der Waals surface area contributed by atoms with E-state index in [1.165, 1.54) is 5.56 Å². The van der Waals surface area contributed by atoms with Crippen LogP contribution in [-0.4, -0.2) is 30.2 Å². The average molecular weight is 427 g/mol. The lowest BCUT2D eigenvalue weighted by atomic mass is 10.1. The third-order valence-corrected chi connectivity index (χ3v) is 4.19. The van der Waals surface area contributed by atoms with E-state index in [2.05, 4.69) is 17.2 Å². The Morgan fingerprint density at radius 2 is 1.87 bits per heavy atom. The van der Waals surface area contributed by atoms with Gasteiger partial charge < -0.3 is 20.1 Å². The molecule has 2 aromatic rings. The van der Waals surface area contributed by atoms with Crippen LogP contribution in [0.3, 0.4) is 0 Å². The minimum absolute atomic E-state index is 0.00181. The first-order valence-electron chi connectivity index (χ1n) is 9.71. The van der Waals surface area contributed by atoms with Gasteiger partial charge in [-0.05, 0) is 42.8 Å². The second-order valence-corrected chi connectivity index (χ2v) is 6.85. The second kappa shape index (κ2) is 13.1. The Balaban J connectivity index is 1.62. The van der Waals surface area contributed by atoms with E-state index >= 15 is 0 Å². The van der Waals surface area contributed by atoms with E-state index in [0.717, 1.165) is 12.8 Å². The second-order valence-electron chi connectivity index (χ2n) is 6.44. The minimum Gasteiger partial charge on any atom is -0.489 e. The Morgan fingerprint density at radius 1 is 1.07 bits per heavy atom. The summed E-state index contributed by atoms with van der Waals surface area (Å²) in [6, 6.07) is 17.2. The molecule has 2 rings (SSSR count). The highest BCUT2D eigenvalue weighted by Gasteiger charge is 2.10. The summed E-state index contributed by atoms with van der Waals surface area (Å²) in [6.45, 7) is 4.33. The Labute approximate surface area is 182 Å². The van der Waals surface area contributed by atoms with Crippen molar-refractivity contribution in [1.82, 2.24) is 5.32 Å². The van der Waals surface area contributed by atoms with Crippen molar-refractivity contribution in [3.63, 3.8) is 0 Å². The monoisotopic (exact) mass is 426 g/mol. The molecule has 0 atom stereocenters. The highest BCUT2D eigenvalue weighted by atomic mass is 32.1. The smallest absolute Gasteiger partial charge is 0.306 e. The maximum absolute atomic E-state index is 12.0. The van der Waals surface area contributed by atoms with E-state index in [1.54, 1.807) is 24.3 Å². The summed E-state index contributed by atoms with van der Waals surface area (Å²) in [5.41, 5.74) is 1.88. The van der Waals surface area contributed by atoms with Crippen LogP contribution in [-0.2, 0) is 20.7 Å². The highest BCUT2D eigenvalue weighted by Crippen LogP contribution is 2.17. The van der Waals surface area contributed by atoms with Gasteiger partial charge in [-0.3, -0.25) is 9.59 Å². The van der Waals surface area contributed by atoms with E-state index in [4.69, 9.17) is 21.7 Å². The lowest BCUT2D eigenvalue weighted by molar-refractivity contribution is -0.145. The van der Waals surface area contributed by atoms with Crippen molar-refractivity contribution in [2.24, 2.45) is 0 Å². The first-order valence-corrected chi connectivity index (χ1v) is 10.1. The standard InChI is InChI=1S/C23H26N2O4S/c1-2-15-28-20-12-6-11-19(17-20)24-23(30)25-21(26)13-14-22(27)29-16-7-10-18-8-4-3-5-9-18/h2-6,8-9,11-12,17H,1,7,10,13-16H2,(H2,24,25,26,30). The van der Waals surface area contributed by atoms with Crippen LogP contribution >= 0.6 is 12.2 Å². The zero-order valence-corrected chi connectivity index (χ0v) is 17.6. The van der Waals surface area contributed by atoms with Crippen LogP contribution in [0.2, 0.25) is 0 Å². The fraction of sp³-hybridized carbons (Fsp3) is 0.261. The maximum Gasteiger partial charge on any atom is 0.306 e. The molecular weight excluding hydrogens is 400 g/mol. The molecule has 0 heterocycles. The molecule has 0 aliphatic rings. The van der Waals surface area contributed by atoms with Crippen LogP contribution in [0, 0.1) is 0 Å². The van der Waals surface area contributed by atoms with Gasteiger partial charge in [-0.25, -0.2) is 0 Å². The predicted octanol–water partition coefficient (Wildman–Crippen LogP) is 4.02. The molecule has 0 saturated heterocycles. The molecule has 0 bridgehead atoms. The van der Waals surface area contributed by atoms with Gasteiger partial charge >= 0.3 is 5.97 Å². The van der Waals surface area contributed by atoms with Crippen molar-refractivity contribution in [1.29, 1.82) is 0 Å². The first-order chi connectivity index (χ1) is 14.6. The molecule has 0 aliphatic heterocycles. The Morgan fingerprint density at radius 3 is 2.63 bits per heavy atom. The summed E-state index contributed by atoms with van der Waals surface area (Å²) in [5.74, 6) is -0.0963. The highest BCUT2D eigenvalue weighted by molar-refractivity contribution is 7.80. The van der Waals surface area contributed by atoms with Crippen molar-refractivity contribution in [3.05, 3.63) is 72.8 Å². The number of anilines is 1. The van der Waals surface area contributed by atoms with Gasteiger partial charge in [-0.2, -0.15) is 0 Å². The normalized spacial score (nSPS) is 10.0. The molecule has 0 unspecified atom stereocenters. The predicted molar refractivity (Wildman–Crippen MR) is 121 cm³/mol. The minimum atomic E-state index is -0.399. The van der Waals surface area contributed by atoms with E-state index in [-0.39, 0.29) is 23.9 Å². The number of carbonyl (C=O) groups is 2. The quantitative estimate of drug-likeness (QED) is 0.245. The summed E-state index contributed by atoms with van der Waals surface area (Å²) < 4.78 is 10.6. The molecule has 0 aromatic heterocycles. The van der Waals surface area contributed by atoms with Crippen molar-refractivity contribution in [3.8, 4) is 5.75 Å². The van der Waals surface area contributed by atoms with Crippen LogP contribution in [0.1, 0.15) is 24.8 Å². The summed E-state index contributed by atoms with van der Waals surface area (Å²) >= 11 is 5.14. The van der Waals surface area contributed by atoms with Crippen LogP contribution in [0.5, 0.6) is 5.75 Å². The lowest BCUT2D eigenvalue weighted by Gasteiger charge is -2.11. The molecule has 2 aromatic carbocycles. The number of thiocarbonyl (C=S) groups is 1. The first kappa shape index (κ1) is 23.1. The molecule has 0 fully saturated rings. The fourth-order valence-electron chi connectivity index (χ4n) is 2.56. The number of hydrogen-bond donors (Lipinski definition) is 2. The number of amides is 1. The van der Waals surface area contributed by atoms with Crippen LogP contribution < -0.4 is 15.4 Å². The van der Waals surface area contributed by atoms with E-state index in [0.29, 0.717) is 24.7 Å². The molecule has 158 valence electrons. The number of rotatable bonds is 11. The zero-order valence-electron chi connectivity index (χ0n) is 16.8. The van der Waals surface area contributed by atoms with Gasteiger partial charge in [0.2, 0.25) is 5.91 Å². The molecule has 7 heteroatoms. The fourth-order valence-corrected chi connectivity index (χ4v) is 2.80. The van der Waals surface area contributed by atoms with Gasteiger partial charge in [0.15, 0.2) is 5.11 Å². The van der Waals surface area contributed by atoms with Gasteiger partial charge in [0.25, 0.3) is 0 Å². The van der Waals surface area contributed by atoms with Gasteiger partial charge in [-0.15, -0.1) is 0 Å². The summed E-state index contributed by atoms with van der Waals surface area (Å²) in [6.07, 6.45) is 3.24. The Hall–Kier alpha value is -3.19. The van der Waals surface area contributed by atoms with Crippen molar-refractivity contribution >= 4 is 34.9 Å². The number of nitrogens with one attached hydrogen (secondary N) is 2. The molecule has 0 saturated carbocycles. The van der Waals surface area contributed by atoms with Crippen molar-refractivity contribution in [2.45, 2.75) is 25.7 Å². The Kier molecular flexibility index (Phi) is 10.1. The van der Waals surface area contributed by atoms with Crippen LogP contribution in [0.15, 0.2) is 67.3 Å². The van der Waals surface area contributed by atoms with Crippen LogP contribution in [0.25, 0.3) is 0 Å². The van der Waals surface area contributed by atoms with E-state index < -0.39 is 5.97 Å². The maximum atomic E-state index is 12.0. The molecule has 6 nitrogen and oxygen atoms in total. The molecule has 2 N–H and O–H groups in total. The number of carbonyl (C=O) groups excluding carboxylic acids is 2. The molecule has 0 radical (unpaired) electrons. The molecular formula is C23H26N2O4S. The van der Waals surface area contributed by atoms with E-state index in [1.807, 2.05) is 36.4 Å². The average Bonchev–Trinajstić information content (AvgIpc) is 2.74. The van der Waals surface area contributed by atoms with Crippen LogP contribution in [0.4, 0.5) is 5.69 Å². The van der Waals surface area contributed by atoms with Gasteiger partial charge in [0.05, 0.1) is 13.0 Å². The summed E-state index contributed by atoms with van der Waals surface area (Å²) in [4.78, 5) is 23.8. The molecule has 0 spiro atoms. The molecule has 0 aliphatic carbocycles. The largest absolute Gasteiger partial charge is 0.489 e. The lowest BCUT2D eigenvalue weighted by Crippen LogP contribution is -2.34. The van der Waals surface area contributed by atoms with Gasteiger partial charge in [0, 0.05) is 18.2 Å². The molecule has 30 heavy (non-hydrogen) atoms. The zero-order chi connectivity index (χ0) is 21.6. The topological polar surface area (TPSA) is 76.7 Å². The SMILES string of the molecule is C=CCOc1cccc(NC(=S)NC(=O)CCC(=O)OCCCc2ccccc2)c1. The number of hydrogen-bond acceptors (Lipinski definition) is 5. The number of esters is 1. The van der Waals surface area contributed by atoms with Gasteiger partial charge in [-0.1, -0.05) is 49.1 Å².